The summed E-state index contributed by atoms with van der Waals surface area (Å²) < 4.78 is 0. The normalized spacial score (nSPS) is 35.2. The molecule has 3 heteroatoms. The van der Waals surface area contributed by atoms with Gasteiger partial charge in [0, 0.05) is 6.04 Å². The van der Waals surface area contributed by atoms with Crippen LogP contribution in [0.25, 0.3) is 0 Å². The van der Waals surface area contributed by atoms with E-state index in [0.29, 0.717) is 6.04 Å². The van der Waals surface area contributed by atoms with Crippen molar-refractivity contribution < 1.29 is 5.11 Å². The van der Waals surface area contributed by atoms with Crippen LogP contribution < -0.4 is 5.32 Å². The third kappa shape index (κ3) is 1.62. The highest BCUT2D eigenvalue weighted by atomic mass is 35.5. The van der Waals surface area contributed by atoms with Crippen LogP contribution in [0.15, 0.2) is 0 Å². The van der Waals surface area contributed by atoms with Gasteiger partial charge in [0.1, 0.15) is 0 Å². The van der Waals surface area contributed by atoms with Crippen molar-refractivity contribution in [1.82, 2.24) is 5.32 Å². The van der Waals surface area contributed by atoms with E-state index in [0.717, 1.165) is 12.8 Å². The van der Waals surface area contributed by atoms with Gasteiger partial charge in [0.25, 0.3) is 0 Å². The van der Waals surface area contributed by atoms with Gasteiger partial charge in [-0.15, -0.1) is 12.4 Å². The first-order chi connectivity index (χ1) is 3.33. The van der Waals surface area contributed by atoms with Crippen LogP contribution in [0.5, 0.6) is 0 Å². The van der Waals surface area contributed by atoms with E-state index >= 15 is 0 Å². The molecule has 1 aliphatic carbocycles. The summed E-state index contributed by atoms with van der Waals surface area (Å²) in [4.78, 5) is 0. The maximum Gasteiger partial charge on any atom is 0.0570 e. The standard InChI is InChI=1S/C5H11NO.ClH/c1-6-4-2-5(7)3-4;/h4-7H,2-3H2,1H3;1H. The molecular formula is C5H12ClNO. The summed E-state index contributed by atoms with van der Waals surface area (Å²) in [6, 6.07) is 0.593. The first kappa shape index (κ1) is 8.21. The fraction of sp³-hybridized carbons (Fsp3) is 1.00. The Morgan fingerprint density at radius 1 is 1.50 bits per heavy atom. The first-order valence-corrected chi connectivity index (χ1v) is 2.68. The van der Waals surface area contributed by atoms with Crippen molar-refractivity contribution >= 4 is 12.4 Å². The number of hydrogen-bond donors (Lipinski definition) is 2. The molecule has 1 fully saturated rings. The smallest absolute Gasteiger partial charge is 0.0570 e. The third-order valence-electron chi connectivity index (χ3n) is 1.52. The maximum atomic E-state index is 8.71. The van der Waals surface area contributed by atoms with Gasteiger partial charge in [-0.1, -0.05) is 0 Å². The highest BCUT2D eigenvalue weighted by Crippen LogP contribution is 2.18. The minimum Gasteiger partial charge on any atom is -0.393 e. The van der Waals surface area contributed by atoms with Crippen molar-refractivity contribution in [2.45, 2.75) is 25.0 Å². The highest BCUT2D eigenvalue weighted by Gasteiger charge is 2.24. The van der Waals surface area contributed by atoms with Crippen molar-refractivity contribution in [3.63, 3.8) is 0 Å². The first-order valence-electron chi connectivity index (χ1n) is 2.68. The van der Waals surface area contributed by atoms with Crippen LogP contribution in [0.2, 0.25) is 0 Å². The van der Waals surface area contributed by atoms with E-state index < -0.39 is 0 Å². The Bertz CT molecular complexity index is 63.4. The van der Waals surface area contributed by atoms with E-state index in [1.54, 1.807) is 0 Å². The predicted molar refractivity (Wildman–Crippen MR) is 35.3 cm³/mol. The quantitative estimate of drug-likeness (QED) is 0.540. The Hall–Kier alpha value is 0.210. The van der Waals surface area contributed by atoms with Gasteiger partial charge >= 0.3 is 0 Å². The Kier molecular flexibility index (Phi) is 3.36. The van der Waals surface area contributed by atoms with Crippen LogP contribution >= 0.6 is 12.4 Å². The van der Waals surface area contributed by atoms with Crippen molar-refractivity contribution in [3.05, 3.63) is 0 Å². The van der Waals surface area contributed by atoms with Crippen LogP contribution in [-0.2, 0) is 0 Å². The number of rotatable bonds is 1. The molecule has 0 spiro atoms. The lowest BCUT2D eigenvalue weighted by Crippen LogP contribution is -2.42. The summed E-state index contributed by atoms with van der Waals surface area (Å²) in [6.07, 6.45) is 1.87. The Balaban J connectivity index is 0.000000490. The molecule has 0 amide bonds. The van der Waals surface area contributed by atoms with Crippen molar-refractivity contribution in [1.29, 1.82) is 0 Å². The fourth-order valence-corrected chi connectivity index (χ4v) is 0.824. The summed E-state index contributed by atoms with van der Waals surface area (Å²) in [6.45, 7) is 0. The second-order valence-electron chi connectivity index (χ2n) is 2.11. The zero-order valence-corrected chi connectivity index (χ0v) is 5.74. The van der Waals surface area contributed by atoms with Gasteiger partial charge in [-0.2, -0.15) is 0 Å². The predicted octanol–water partition coefficient (Wildman–Crippen LogP) is 0.151. The molecule has 0 heterocycles. The molecule has 0 saturated heterocycles. The lowest BCUT2D eigenvalue weighted by Gasteiger charge is -2.30. The number of nitrogens with one attached hydrogen (secondary N) is 1. The topological polar surface area (TPSA) is 32.3 Å². The Morgan fingerprint density at radius 3 is 2.12 bits per heavy atom. The average Bonchev–Trinajstić information content (AvgIpc) is 1.58. The maximum absolute atomic E-state index is 8.71. The molecule has 8 heavy (non-hydrogen) atoms. The molecule has 0 bridgehead atoms. The second kappa shape index (κ2) is 3.28. The zero-order valence-electron chi connectivity index (χ0n) is 4.92. The molecule has 1 rings (SSSR count). The molecule has 0 aromatic heterocycles. The summed E-state index contributed by atoms with van der Waals surface area (Å²) >= 11 is 0. The van der Waals surface area contributed by atoms with Gasteiger partial charge in [0.15, 0.2) is 0 Å². The number of aliphatic hydroxyl groups excluding tert-OH is 1. The van der Waals surface area contributed by atoms with Gasteiger partial charge < -0.3 is 10.4 Å². The summed E-state index contributed by atoms with van der Waals surface area (Å²) in [5, 5.41) is 11.8. The van der Waals surface area contributed by atoms with Gasteiger partial charge in [0.05, 0.1) is 6.10 Å². The monoisotopic (exact) mass is 137 g/mol. The molecule has 1 saturated carbocycles. The van der Waals surface area contributed by atoms with E-state index in [9.17, 15) is 0 Å². The molecule has 2 nitrogen and oxygen atoms in total. The van der Waals surface area contributed by atoms with Crippen molar-refractivity contribution in [2.24, 2.45) is 0 Å². The molecule has 0 atom stereocenters. The summed E-state index contributed by atoms with van der Waals surface area (Å²) in [5.74, 6) is 0. The molecular weight excluding hydrogens is 126 g/mol. The molecule has 0 unspecified atom stereocenters. The highest BCUT2D eigenvalue weighted by molar-refractivity contribution is 5.85. The van der Waals surface area contributed by atoms with Crippen LogP contribution in [0.4, 0.5) is 0 Å². The van der Waals surface area contributed by atoms with E-state index in [-0.39, 0.29) is 18.5 Å². The third-order valence-corrected chi connectivity index (χ3v) is 1.52. The van der Waals surface area contributed by atoms with Crippen LogP contribution in [-0.4, -0.2) is 24.3 Å². The molecule has 50 valence electrons. The molecule has 0 aromatic rings. The summed E-state index contributed by atoms with van der Waals surface area (Å²) in [5.41, 5.74) is 0. The van der Waals surface area contributed by atoms with Crippen LogP contribution in [0, 0.1) is 0 Å². The van der Waals surface area contributed by atoms with Crippen LogP contribution in [0.3, 0.4) is 0 Å². The Morgan fingerprint density at radius 2 is 2.00 bits per heavy atom. The number of hydrogen-bond acceptors (Lipinski definition) is 2. The minimum atomic E-state index is -0.0163. The largest absolute Gasteiger partial charge is 0.393 e. The van der Waals surface area contributed by atoms with E-state index in [4.69, 9.17) is 5.11 Å². The van der Waals surface area contributed by atoms with Gasteiger partial charge in [0.2, 0.25) is 0 Å². The lowest BCUT2D eigenvalue weighted by molar-refractivity contribution is 0.0656. The summed E-state index contributed by atoms with van der Waals surface area (Å²) in [7, 11) is 1.93. The number of aliphatic hydroxyl groups is 1. The van der Waals surface area contributed by atoms with E-state index in [2.05, 4.69) is 5.32 Å². The molecule has 2 N–H and O–H groups in total. The molecule has 0 aromatic carbocycles. The number of halogens is 1. The van der Waals surface area contributed by atoms with E-state index in [1.807, 2.05) is 7.05 Å². The second-order valence-corrected chi connectivity index (χ2v) is 2.11. The lowest BCUT2D eigenvalue weighted by atomic mass is 9.90. The van der Waals surface area contributed by atoms with Crippen molar-refractivity contribution in [3.8, 4) is 0 Å². The average molecular weight is 138 g/mol. The zero-order chi connectivity index (χ0) is 5.28. The Labute approximate surface area is 55.7 Å². The SMILES string of the molecule is CNC1CC(O)C1.Cl. The van der Waals surface area contributed by atoms with Gasteiger partial charge in [-0.05, 0) is 19.9 Å². The van der Waals surface area contributed by atoms with Crippen molar-refractivity contribution in [2.75, 3.05) is 7.05 Å². The van der Waals surface area contributed by atoms with Gasteiger partial charge in [-0.3, -0.25) is 0 Å². The minimum absolute atomic E-state index is 0. The molecule has 1 aliphatic rings. The molecule has 0 radical (unpaired) electrons. The molecule has 0 aliphatic heterocycles. The van der Waals surface area contributed by atoms with E-state index in [1.165, 1.54) is 0 Å². The van der Waals surface area contributed by atoms with Crippen LogP contribution in [0.1, 0.15) is 12.8 Å². The van der Waals surface area contributed by atoms with Gasteiger partial charge in [-0.25, -0.2) is 0 Å². The fourth-order valence-electron chi connectivity index (χ4n) is 0.824.